The van der Waals surface area contributed by atoms with Gasteiger partial charge >= 0.3 is 0 Å². The van der Waals surface area contributed by atoms with Crippen LogP contribution < -0.4 is 9.64 Å². The second-order valence-corrected chi connectivity index (χ2v) is 8.46. The molecule has 2 aromatic heterocycles. The molecular formula is C24H26FN7O. The van der Waals surface area contributed by atoms with E-state index in [1.807, 2.05) is 42.9 Å². The third-order valence-electron chi connectivity index (χ3n) is 6.67. The zero-order valence-corrected chi connectivity index (χ0v) is 18.6. The largest absolute Gasteiger partial charge is 0.495 e. The lowest BCUT2D eigenvalue weighted by molar-refractivity contribution is 0.392. The molecule has 0 radical (unpaired) electrons. The van der Waals surface area contributed by atoms with E-state index in [-0.39, 0.29) is 17.8 Å². The van der Waals surface area contributed by atoms with Crippen molar-refractivity contribution < 1.29 is 9.13 Å². The quantitative estimate of drug-likeness (QED) is 0.430. The van der Waals surface area contributed by atoms with Gasteiger partial charge in [-0.2, -0.15) is 0 Å². The van der Waals surface area contributed by atoms with Crippen LogP contribution in [0.5, 0.6) is 5.75 Å². The third-order valence-corrected chi connectivity index (χ3v) is 6.67. The fraction of sp³-hybridized carbons (Fsp3) is 0.333. The Bertz CT molecular complexity index is 1180. The van der Waals surface area contributed by atoms with E-state index in [4.69, 9.17) is 4.74 Å². The zero-order valence-electron chi connectivity index (χ0n) is 18.6. The summed E-state index contributed by atoms with van der Waals surface area (Å²) in [5.41, 5.74) is 2.96. The molecule has 0 bridgehead atoms. The normalized spacial score (nSPS) is 20.2. The fourth-order valence-electron chi connectivity index (χ4n) is 5.10. The Morgan fingerprint density at radius 2 is 1.97 bits per heavy atom. The molecule has 1 aliphatic carbocycles. The third kappa shape index (κ3) is 4.18. The molecule has 0 spiro atoms. The average Bonchev–Trinajstić information content (AvgIpc) is 3.62. The number of tetrazole rings is 1. The number of likely N-dealkylation sites (N-methyl/N-ethyl adjacent to an activating group) is 1. The van der Waals surface area contributed by atoms with Crippen molar-refractivity contribution in [3.63, 3.8) is 0 Å². The minimum atomic E-state index is -0.219. The Morgan fingerprint density at radius 1 is 1.12 bits per heavy atom. The SMILES string of the molecule is COc1ccc(-n2cnnn2)cc1N(C)C1CCC(Cn2ccnc2)C1c1ccc(F)cc1. The molecule has 3 atom stereocenters. The van der Waals surface area contributed by atoms with E-state index in [1.165, 1.54) is 0 Å². The van der Waals surface area contributed by atoms with Gasteiger partial charge in [0.15, 0.2) is 0 Å². The topological polar surface area (TPSA) is 73.9 Å². The zero-order chi connectivity index (χ0) is 22.8. The first-order valence-electron chi connectivity index (χ1n) is 11.0. The second-order valence-electron chi connectivity index (χ2n) is 8.46. The molecule has 4 aromatic rings. The predicted molar refractivity (Wildman–Crippen MR) is 122 cm³/mol. The number of imidazole rings is 1. The summed E-state index contributed by atoms with van der Waals surface area (Å²) < 4.78 is 23.2. The van der Waals surface area contributed by atoms with Gasteiger partial charge in [0.1, 0.15) is 17.9 Å². The average molecular weight is 448 g/mol. The van der Waals surface area contributed by atoms with Crippen LogP contribution in [0.4, 0.5) is 10.1 Å². The first-order chi connectivity index (χ1) is 16.1. The molecule has 1 saturated carbocycles. The Morgan fingerprint density at radius 3 is 2.67 bits per heavy atom. The highest BCUT2D eigenvalue weighted by molar-refractivity contribution is 5.63. The first-order valence-corrected chi connectivity index (χ1v) is 11.0. The molecule has 0 amide bonds. The van der Waals surface area contributed by atoms with Crippen LogP contribution in [0.3, 0.4) is 0 Å². The molecule has 1 aliphatic rings. The van der Waals surface area contributed by atoms with Gasteiger partial charge in [0, 0.05) is 37.9 Å². The van der Waals surface area contributed by atoms with E-state index in [2.05, 4.69) is 37.0 Å². The molecule has 3 unspecified atom stereocenters. The maximum absolute atomic E-state index is 13.7. The minimum Gasteiger partial charge on any atom is -0.495 e. The van der Waals surface area contributed by atoms with Crippen molar-refractivity contribution in [2.75, 3.05) is 19.1 Å². The number of benzene rings is 2. The van der Waals surface area contributed by atoms with Crippen LogP contribution in [0.25, 0.3) is 5.69 Å². The van der Waals surface area contributed by atoms with Crippen molar-refractivity contribution in [1.29, 1.82) is 0 Å². The van der Waals surface area contributed by atoms with Crippen molar-refractivity contribution >= 4 is 5.69 Å². The lowest BCUT2D eigenvalue weighted by atomic mass is 9.85. The maximum Gasteiger partial charge on any atom is 0.143 e. The van der Waals surface area contributed by atoms with Crippen LogP contribution in [0, 0.1) is 11.7 Å². The number of hydrogen-bond acceptors (Lipinski definition) is 6. The molecule has 5 rings (SSSR count). The molecule has 8 nitrogen and oxygen atoms in total. The van der Waals surface area contributed by atoms with Crippen molar-refractivity contribution in [3.05, 3.63) is 78.9 Å². The number of aromatic nitrogens is 6. The Kier molecular flexibility index (Phi) is 5.77. The van der Waals surface area contributed by atoms with Crippen LogP contribution >= 0.6 is 0 Å². The van der Waals surface area contributed by atoms with E-state index in [1.54, 1.807) is 36.4 Å². The smallest absolute Gasteiger partial charge is 0.143 e. The maximum atomic E-state index is 13.7. The van der Waals surface area contributed by atoms with Gasteiger partial charge in [-0.25, -0.2) is 14.1 Å². The summed E-state index contributed by atoms with van der Waals surface area (Å²) in [6.07, 6.45) is 9.31. The standard InChI is InChI=1S/C24H26FN7O/c1-30(22-13-20(8-10-23(22)33-2)32-16-27-28-29-32)21-9-5-18(14-31-12-11-26-15-31)24(21)17-3-6-19(25)7-4-17/h3-4,6-8,10-13,15-16,18,21,24H,5,9,14H2,1-2H3. The number of hydrogen-bond donors (Lipinski definition) is 0. The lowest BCUT2D eigenvalue weighted by Crippen LogP contribution is -2.36. The summed E-state index contributed by atoms with van der Waals surface area (Å²) >= 11 is 0. The van der Waals surface area contributed by atoms with Gasteiger partial charge in [-0.05, 0) is 65.1 Å². The Balaban J connectivity index is 1.51. The van der Waals surface area contributed by atoms with E-state index < -0.39 is 0 Å². The van der Waals surface area contributed by atoms with Gasteiger partial charge in [-0.15, -0.1) is 5.10 Å². The number of halogens is 1. The highest BCUT2D eigenvalue weighted by Crippen LogP contribution is 2.45. The van der Waals surface area contributed by atoms with E-state index in [9.17, 15) is 4.39 Å². The van der Waals surface area contributed by atoms with Gasteiger partial charge in [0.25, 0.3) is 0 Å². The molecule has 1 fully saturated rings. The van der Waals surface area contributed by atoms with Gasteiger partial charge in [-0.3, -0.25) is 0 Å². The van der Waals surface area contributed by atoms with E-state index in [0.717, 1.165) is 42.1 Å². The highest BCUT2D eigenvalue weighted by atomic mass is 19.1. The summed E-state index contributed by atoms with van der Waals surface area (Å²) in [6, 6.07) is 13.1. The molecular weight excluding hydrogens is 421 g/mol. The van der Waals surface area contributed by atoms with Crippen LogP contribution in [0.15, 0.2) is 67.5 Å². The molecule has 0 aliphatic heterocycles. The summed E-state index contributed by atoms with van der Waals surface area (Å²) in [6.45, 7) is 0.869. The number of ether oxygens (including phenoxy) is 1. The molecule has 9 heteroatoms. The molecule has 33 heavy (non-hydrogen) atoms. The predicted octanol–water partition coefficient (Wildman–Crippen LogP) is 3.71. The van der Waals surface area contributed by atoms with Gasteiger partial charge in [0.2, 0.25) is 0 Å². The van der Waals surface area contributed by atoms with Crippen LogP contribution in [-0.2, 0) is 6.54 Å². The van der Waals surface area contributed by atoms with Gasteiger partial charge in [-0.1, -0.05) is 12.1 Å². The number of rotatable bonds is 7. The molecule has 0 N–H and O–H groups in total. The number of nitrogens with zero attached hydrogens (tertiary/aromatic N) is 7. The van der Waals surface area contributed by atoms with Gasteiger partial charge < -0.3 is 14.2 Å². The van der Waals surface area contributed by atoms with E-state index in [0.29, 0.717) is 5.92 Å². The lowest BCUT2D eigenvalue weighted by Gasteiger charge is -2.35. The highest BCUT2D eigenvalue weighted by Gasteiger charge is 2.40. The van der Waals surface area contributed by atoms with Crippen molar-refractivity contribution in [2.45, 2.75) is 31.3 Å². The molecule has 2 aromatic carbocycles. The summed E-state index contributed by atoms with van der Waals surface area (Å²) in [5.74, 6) is 1.18. The Labute approximate surface area is 191 Å². The van der Waals surface area contributed by atoms with Crippen LogP contribution in [0.1, 0.15) is 24.3 Å². The second kappa shape index (κ2) is 9.01. The number of methoxy groups -OCH3 is 1. The Hall–Kier alpha value is -3.75. The minimum absolute atomic E-state index is 0.210. The van der Waals surface area contributed by atoms with E-state index >= 15 is 0 Å². The summed E-state index contributed by atoms with van der Waals surface area (Å²) in [5, 5.41) is 11.5. The monoisotopic (exact) mass is 447 g/mol. The summed E-state index contributed by atoms with van der Waals surface area (Å²) in [7, 11) is 3.78. The molecule has 0 saturated heterocycles. The molecule has 2 heterocycles. The van der Waals surface area contributed by atoms with Gasteiger partial charge in [0.05, 0.1) is 24.8 Å². The number of anilines is 1. The van der Waals surface area contributed by atoms with Crippen molar-refractivity contribution in [3.8, 4) is 11.4 Å². The van der Waals surface area contributed by atoms with Crippen LogP contribution in [0.2, 0.25) is 0 Å². The first kappa shape index (κ1) is 21.1. The fourth-order valence-corrected chi connectivity index (χ4v) is 5.10. The summed E-state index contributed by atoms with van der Waals surface area (Å²) in [4.78, 5) is 6.49. The van der Waals surface area contributed by atoms with Crippen molar-refractivity contribution in [1.82, 2.24) is 29.8 Å². The van der Waals surface area contributed by atoms with Crippen LogP contribution in [-0.4, -0.2) is 50.0 Å². The van der Waals surface area contributed by atoms with Crippen molar-refractivity contribution in [2.24, 2.45) is 5.92 Å². The molecule has 170 valence electrons.